The Morgan fingerprint density at radius 1 is 0.957 bits per heavy atom. The van der Waals surface area contributed by atoms with E-state index >= 15 is 0 Å². The van der Waals surface area contributed by atoms with Gasteiger partial charge in [-0.15, -0.1) is 0 Å². The fourth-order valence-corrected chi connectivity index (χ4v) is 2.11. The quantitative estimate of drug-likeness (QED) is 0.863. The molecule has 0 aliphatic carbocycles. The molecule has 4 nitrogen and oxygen atoms in total. The summed E-state index contributed by atoms with van der Waals surface area (Å²) < 4.78 is 12.8. The average Bonchev–Trinajstić information content (AvgIpc) is 2.51. The summed E-state index contributed by atoms with van der Waals surface area (Å²) in [5, 5.41) is 5.79. The minimum atomic E-state index is -0.393. The summed E-state index contributed by atoms with van der Waals surface area (Å²) in [6.07, 6.45) is 0.0698. The first-order chi connectivity index (χ1) is 10.9. The summed E-state index contributed by atoms with van der Waals surface area (Å²) in [6.45, 7) is -0.180. The molecule has 0 bridgehead atoms. The first-order valence-electron chi connectivity index (χ1n) is 6.70. The molecule has 0 saturated carbocycles. The van der Waals surface area contributed by atoms with Crippen LogP contribution in [0.1, 0.15) is 5.56 Å². The van der Waals surface area contributed by atoms with Crippen molar-refractivity contribution in [1.29, 1.82) is 0 Å². The molecule has 0 aliphatic rings. The Morgan fingerprint density at radius 3 is 2.30 bits per heavy atom. The molecule has 0 aliphatic heterocycles. The zero-order chi connectivity index (χ0) is 16.8. The predicted molar refractivity (Wildman–Crippen MR) is 88.2 cm³/mol. The molecule has 7 heteroatoms. The third kappa shape index (κ3) is 5.54. The SMILES string of the molecule is O=C(Cc1ccc(F)cc1)NCC(=O)Nc1ccc(Cl)c(Cl)c1. The first kappa shape index (κ1) is 17.2. The van der Waals surface area contributed by atoms with Crippen LogP contribution >= 0.6 is 23.2 Å². The van der Waals surface area contributed by atoms with Crippen LogP contribution in [0.4, 0.5) is 10.1 Å². The summed E-state index contributed by atoms with van der Waals surface area (Å²) in [6, 6.07) is 10.3. The second-order valence-electron chi connectivity index (χ2n) is 4.76. The van der Waals surface area contributed by atoms with E-state index in [0.29, 0.717) is 21.3 Å². The Morgan fingerprint density at radius 2 is 1.65 bits per heavy atom. The molecule has 0 fully saturated rings. The molecular weight excluding hydrogens is 342 g/mol. The van der Waals surface area contributed by atoms with Gasteiger partial charge in [0.05, 0.1) is 23.0 Å². The third-order valence-corrected chi connectivity index (χ3v) is 3.67. The van der Waals surface area contributed by atoms with Crippen molar-refractivity contribution in [3.05, 3.63) is 63.9 Å². The Labute approximate surface area is 142 Å². The van der Waals surface area contributed by atoms with Gasteiger partial charge < -0.3 is 10.6 Å². The van der Waals surface area contributed by atoms with E-state index in [1.165, 1.54) is 30.3 Å². The van der Waals surface area contributed by atoms with E-state index in [9.17, 15) is 14.0 Å². The molecule has 0 spiro atoms. The summed E-state index contributed by atoms with van der Waals surface area (Å²) >= 11 is 11.6. The van der Waals surface area contributed by atoms with Crippen molar-refractivity contribution in [1.82, 2.24) is 5.32 Å². The van der Waals surface area contributed by atoms with Crippen molar-refractivity contribution in [2.24, 2.45) is 0 Å². The van der Waals surface area contributed by atoms with Gasteiger partial charge in [-0.25, -0.2) is 4.39 Å². The fraction of sp³-hybridized carbons (Fsp3) is 0.125. The summed E-state index contributed by atoms with van der Waals surface area (Å²) in [5.41, 5.74) is 1.14. The van der Waals surface area contributed by atoms with Crippen molar-refractivity contribution >= 4 is 40.7 Å². The zero-order valence-corrected chi connectivity index (χ0v) is 13.4. The Hall–Kier alpha value is -2.11. The Balaban J connectivity index is 1.80. The summed E-state index contributed by atoms with van der Waals surface area (Å²) in [4.78, 5) is 23.5. The smallest absolute Gasteiger partial charge is 0.243 e. The van der Waals surface area contributed by atoms with Crippen LogP contribution < -0.4 is 10.6 Å². The highest BCUT2D eigenvalue weighted by atomic mass is 35.5. The van der Waals surface area contributed by atoms with E-state index in [4.69, 9.17) is 23.2 Å². The molecule has 2 rings (SSSR count). The maximum atomic E-state index is 12.8. The number of benzene rings is 2. The summed E-state index contributed by atoms with van der Waals surface area (Å²) in [7, 11) is 0. The standard InChI is InChI=1S/C16H13Cl2FN2O2/c17-13-6-5-12(8-14(13)18)21-16(23)9-20-15(22)7-10-1-3-11(19)4-2-10/h1-6,8H,7,9H2,(H,20,22)(H,21,23). The van der Waals surface area contributed by atoms with E-state index in [2.05, 4.69) is 10.6 Å². The summed E-state index contributed by atoms with van der Waals surface area (Å²) in [5.74, 6) is -1.09. The fourth-order valence-electron chi connectivity index (χ4n) is 1.81. The molecule has 23 heavy (non-hydrogen) atoms. The van der Waals surface area contributed by atoms with Gasteiger partial charge in [-0.1, -0.05) is 35.3 Å². The molecule has 0 aromatic heterocycles. The molecule has 2 aromatic rings. The van der Waals surface area contributed by atoms with Crippen molar-refractivity contribution in [3.63, 3.8) is 0 Å². The van der Waals surface area contributed by atoms with Crippen LogP contribution in [0.5, 0.6) is 0 Å². The molecule has 2 aromatic carbocycles. The van der Waals surface area contributed by atoms with Gasteiger partial charge in [0.2, 0.25) is 11.8 Å². The monoisotopic (exact) mass is 354 g/mol. The van der Waals surface area contributed by atoms with Gasteiger partial charge in [-0.3, -0.25) is 9.59 Å². The van der Waals surface area contributed by atoms with Gasteiger partial charge in [0.1, 0.15) is 5.82 Å². The van der Waals surface area contributed by atoms with Gasteiger partial charge in [-0.2, -0.15) is 0 Å². The largest absolute Gasteiger partial charge is 0.347 e. The van der Waals surface area contributed by atoms with Gasteiger partial charge in [-0.05, 0) is 35.9 Å². The number of rotatable bonds is 5. The van der Waals surface area contributed by atoms with Crippen LogP contribution in [0, 0.1) is 5.82 Å². The number of halogens is 3. The highest BCUT2D eigenvalue weighted by Crippen LogP contribution is 2.24. The van der Waals surface area contributed by atoms with Crippen molar-refractivity contribution in [2.75, 3.05) is 11.9 Å². The lowest BCUT2D eigenvalue weighted by atomic mass is 10.1. The highest BCUT2D eigenvalue weighted by molar-refractivity contribution is 6.42. The van der Waals surface area contributed by atoms with Crippen LogP contribution in [0.15, 0.2) is 42.5 Å². The van der Waals surface area contributed by atoms with E-state index < -0.39 is 5.91 Å². The maximum absolute atomic E-state index is 12.8. The van der Waals surface area contributed by atoms with Crippen LogP contribution in [-0.4, -0.2) is 18.4 Å². The van der Waals surface area contributed by atoms with Crippen LogP contribution in [-0.2, 0) is 16.0 Å². The van der Waals surface area contributed by atoms with E-state index in [-0.39, 0.29) is 24.7 Å². The molecule has 0 radical (unpaired) electrons. The lowest BCUT2D eigenvalue weighted by Crippen LogP contribution is -2.33. The minimum absolute atomic E-state index is 0.0698. The third-order valence-electron chi connectivity index (χ3n) is 2.93. The average molecular weight is 355 g/mol. The number of hydrogen-bond acceptors (Lipinski definition) is 2. The molecule has 2 N–H and O–H groups in total. The topological polar surface area (TPSA) is 58.2 Å². The van der Waals surface area contributed by atoms with Crippen LogP contribution in [0.3, 0.4) is 0 Å². The molecule has 0 heterocycles. The molecule has 0 unspecified atom stereocenters. The molecule has 0 atom stereocenters. The van der Waals surface area contributed by atoms with Crippen LogP contribution in [0.25, 0.3) is 0 Å². The minimum Gasteiger partial charge on any atom is -0.347 e. The first-order valence-corrected chi connectivity index (χ1v) is 7.45. The van der Waals surface area contributed by atoms with Crippen molar-refractivity contribution in [2.45, 2.75) is 6.42 Å². The van der Waals surface area contributed by atoms with Crippen molar-refractivity contribution < 1.29 is 14.0 Å². The van der Waals surface area contributed by atoms with Gasteiger partial charge in [0.15, 0.2) is 0 Å². The lowest BCUT2D eigenvalue weighted by Gasteiger charge is -2.08. The zero-order valence-electron chi connectivity index (χ0n) is 11.9. The Bertz CT molecular complexity index is 721. The molecule has 0 saturated heterocycles. The normalized spacial score (nSPS) is 10.2. The van der Waals surface area contributed by atoms with E-state index in [1.54, 1.807) is 12.1 Å². The molecule has 2 amide bonds. The number of amides is 2. The van der Waals surface area contributed by atoms with Crippen molar-refractivity contribution in [3.8, 4) is 0 Å². The molecular formula is C16H13Cl2FN2O2. The Kier molecular flexibility index (Phi) is 5.96. The molecule has 120 valence electrons. The number of anilines is 1. The maximum Gasteiger partial charge on any atom is 0.243 e. The van der Waals surface area contributed by atoms with E-state index in [0.717, 1.165) is 0 Å². The second-order valence-corrected chi connectivity index (χ2v) is 5.57. The number of nitrogens with one attached hydrogen (secondary N) is 2. The number of carbonyl (C=O) groups is 2. The van der Waals surface area contributed by atoms with Gasteiger partial charge in [0, 0.05) is 5.69 Å². The van der Waals surface area contributed by atoms with E-state index in [1.807, 2.05) is 0 Å². The van der Waals surface area contributed by atoms with Gasteiger partial charge >= 0.3 is 0 Å². The second kappa shape index (κ2) is 7.94. The predicted octanol–water partition coefficient (Wildman–Crippen LogP) is 3.43. The van der Waals surface area contributed by atoms with Gasteiger partial charge in [0.25, 0.3) is 0 Å². The number of carbonyl (C=O) groups excluding carboxylic acids is 2. The highest BCUT2D eigenvalue weighted by Gasteiger charge is 2.08. The van der Waals surface area contributed by atoms with Crippen LogP contribution in [0.2, 0.25) is 10.0 Å². The lowest BCUT2D eigenvalue weighted by molar-refractivity contribution is -0.123. The number of hydrogen-bond donors (Lipinski definition) is 2.